The van der Waals surface area contributed by atoms with Crippen LogP contribution in [0.3, 0.4) is 0 Å². The lowest BCUT2D eigenvalue weighted by Crippen LogP contribution is -2.01. The number of halogens is 2. The average Bonchev–Trinajstić information content (AvgIpc) is 2.89. The Morgan fingerprint density at radius 2 is 2.20 bits per heavy atom. The predicted octanol–water partition coefficient (Wildman–Crippen LogP) is 3.57. The quantitative estimate of drug-likeness (QED) is 0.809. The van der Waals surface area contributed by atoms with E-state index in [1.165, 1.54) is 11.8 Å². The molecule has 1 N–H and O–H groups in total. The SMILES string of the molecule is CCc1nc(SCCS(=O)c2cc(Cl)ccc2Cl)n[nH]1. The van der Waals surface area contributed by atoms with Crippen molar-refractivity contribution in [3.05, 3.63) is 34.1 Å². The van der Waals surface area contributed by atoms with Gasteiger partial charge in [0.25, 0.3) is 0 Å². The summed E-state index contributed by atoms with van der Waals surface area (Å²) in [6.45, 7) is 2.01. The Bertz CT molecular complexity index is 618. The molecule has 4 nitrogen and oxygen atoms in total. The van der Waals surface area contributed by atoms with Gasteiger partial charge in [0.1, 0.15) is 5.82 Å². The Hall–Kier alpha value is -0.560. The molecule has 0 bridgehead atoms. The molecule has 1 aromatic carbocycles. The molecule has 0 aliphatic rings. The fraction of sp³-hybridized carbons (Fsp3) is 0.333. The standard InChI is InChI=1S/C12H13Cl2N3OS2/c1-2-11-15-12(17-16-11)19-5-6-20(18)10-7-8(13)3-4-9(10)14/h3-4,7H,2,5-6H2,1H3,(H,15,16,17). The number of rotatable bonds is 6. The molecule has 8 heteroatoms. The molecule has 1 unspecified atom stereocenters. The van der Waals surface area contributed by atoms with Gasteiger partial charge < -0.3 is 0 Å². The first-order chi connectivity index (χ1) is 9.60. The van der Waals surface area contributed by atoms with E-state index >= 15 is 0 Å². The summed E-state index contributed by atoms with van der Waals surface area (Å²) in [5.74, 6) is 1.98. The highest BCUT2D eigenvalue weighted by molar-refractivity contribution is 8.00. The maximum Gasteiger partial charge on any atom is 0.208 e. The van der Waals surface area contributed by atoms with Crippen molar-refractivity contribution in [1.82, 2.24) is 15.2 Å². The summed E-state index contributed by atoms with van der Waals surface area (Å²) < 4.78 is 12.2. The predicted molar refractivity (Wildman–Crippen MR) is 84.2 cm³/mol. The number of aromatic amines is 1. The summed E-state index contributed by atoms with van der Waals surface area (Å²) in [5.41, 5.74) is 0. The van der Waals surface area contributed by atoms with Crippen molar-refractivity contribution >= 4 is 45.8 Å². The maximum atomic E-state index is 12.2. The van der Waals surface area contributed by atoms with Crippen molar-refractivity contribution in [2.75, 3.05) is 11.5 Å². The number of thioether (sulfide) groups is 1. The van der Waals surface area contributed by atoms with Crippen LogP contribution in [0.25, 0.3) is 0 Å². The second-order valence-corrected chi connectivity index (χ2v) is 7.34. The molecule has 1 aromatic heterocycles. The van der Waals surface area contributed by atoms with Crippen molar-refractivity contribution in [1.29, 1.82) is 0 Å². The lowest BCUT2D eigenvalue weighted by Gasteiger charge is -2.04. The first-order valence-corrected chi connectivity index (χ1v) is 9.03. The highest BCUT2D eigenvalue weighted by Crippen LogP contribution is 2.24. The third-order valence-corrected chi connectivity index (χ3v) is 5.67. The summed E-state index contributed by atoms with van der Waals surface area (Å²) >= 11 is 13.4. The van der Waals surface area contributed by atoms with Gasteiger partial charge in [-0.3, -0.25) is 9.31 Å². The van der Waals surface area contributed by atoms with Crippen LogP contribution in [0.1, 0.15) is 12.7 Å². The first kappa shape index (κ1) is 15.8. The van der Waals surface area contributed by atoms with E-state index in [-0.39, 0.29) is 0 Å². The van der Waals surface area contributed by atoms with Gasteiger partial charge in [0, 0.05) is 22.9 Å². The Morgan fingerprint density at radius 3 is 2.90 bits per heavy atom. The topological polar surface area (TPSA) is 58.6 Å². The minimum atomic E-state index is -1.18. The number of benzene rings is 1. The molecule has 0 radical (unpaired) electrons. The molecule has 20 heavy (non-hydrogen) atoms. The molecule has 0 fully saturated rings. The van der Waals surface area contributed by atoms with Crippen LogP contribution in [-0.2, 0) is 17.2 Å². The third-order valence-electron chi connectivity index (χ3n) is 2.48. The number of nitrogens with zero attached hydrogens (tertiary/aromatic N) is 2. The second-order valence-electron chi connectivity index (χ2n) is 3.89. The van der Waals surface area contributed by atoms with E-state index in [1.54, 1.807) is 18.2 Å². The lowest BCUT2D eigenvalue weighted by molar-refractivity contribution is 0.684. The number of nitrogens with one attached hydrogen (secondary N) is 1. The van der Waals surface area contributed by atoms with E-state index in [2.05, 4.69) is 15.2 Å². The molecule has 0 aliphatic carbocycles. The number of hydrogen-bond donors (Lipinski definition) is 1. The van der Waals surface area contributed by atoms with Crippen LogP contribution in [0.15, 0.2) is 28.3 Å². The van der Waals surface area contributed by atoms with Crippen LogP contribution in [0.2, 0.25) is 10.0 Å². The number of aromatic nitrogens is 3. The van der Waals surface area contributed by atoms with Crippen LogP contribution < -0.4 is 0 Å². The molecule has 0 spiro atoms. The maximum absolute atomic E-state index is 12.2. The molecule has 1 atom stereocenters. The summed E-state index contributed by atoms with van der Waals surface area (Å²) in [5, 5.41) is 8.60. The Morgan fingerprint density at radius 1 is 1.40 bits per heavy atom. The molecule has 0 aliphatic heterocycles. The second kappa shape index (κ2) is 7.45. The van der Waals surface area contributed by atoms with Gasteiger partial charge in [0.2, 0.25) is 5.16 Å². The molecular weight excluding hydrogens is 337 g/mol. The van der Waals surface area contributed by atoms with Gasteiger partial charge in [-0.05, 0) is 18.2 Å². The summed E-state index contributed by atoms with van der Waals surface area (Å²) in [7, 11) is -1.18. The van der Waals surface area contributed by atoms with Gasteiger partial charge in [-0.1, -0.05) is 41.9 Å². The van der Waals surface area contributed by atoms with Gasteiger partial charge in [-0.15, -0.1) is 5.10 Å². The van der Waals surface area contributed by atoms with E-state index < -0.39 is 10.8 Å². The summed E-state index contributed by atoms with van der Waals surface area (Å²) in [6.07, 6.45) is 0.817. The normalized spacial score (nSPS) is 12.6. The van der Waals surface area contributed by atoms with Crippen molar-refractivity contribution in [3.8, 4) is 0 Å². The van der Waals surface area contributed by atoms with E-state index in [1.807, 2.05) is 6.92 Å². The number of H-pyrrole nitrogens is 1. The lowest BCUT2D eigenvalue weighted by atomic mass is 10.4. The zero-order chi connectivity index (χ0) is 14.5. The van der Waals surface area contributed by atoms with Crippen LogP contribution in [0, 0.1) is 0 Å². The zero-order valence-corrected chi connectivity index (χ0v) is 13.9. The van der Waals surface area contributed by atoms with Crippen LogP contribution in [-0.4, -0.2) is 30.9 Å². The fourth-order valence-corrected chi connectivity index (χ4v) is 4.25. The Balaban J connectivity index is 1.90. The molecule has 0 saturated heterocycles. The molecular formula is C12H13Cl2N3OS2. The van der Waals surface area contributed by atoms with Gasteiger partial charge in [-0.2, -0.15) is 0 Å². The monoisotopic (exact) mass is 349 g/mol. The number of aryl methyl sites for hydroxylation is 1. The van der Waals surface area contributed by atoms with E-state index in [4.69, 9.17) is 23.2 Å². The minimum Gasteiger partial charge on any atom is -0.262 e. The highest BCUT2D eigenvalue weighted by Gasteiger charge is 2.10. The Kier molecular flexibility index (Phi) is 5.89. The highest BCUT2D eigenvalue weighted by atomic mass is 35.5. The third kappa shape index (κ3) is 4.22. The summed E-state index contributed by atoms with van der Waals surface area (Å²) in [4.78, 5) is 4.85. The van der Waals surface area contributed by atoms with Crippen molar-refractivity contribution < 1.29 is 4.21 Å². The van der Waals surface area contributed by atoms with Gasteiger partial charge in [-0.25, -0.2) is 4.98 Å². The Labute approximate surface area is 134 Å². The van der Waals surface area contributed by atoms with Crippen LogP contribution >= 0.6 is 35.0 Å². The van der Waals surface area contributed by atoms with Crippen molar-refractivity contribution in [2.24, 2.45) is 0 Å². The van der Waals surface area contributed by atoms with Gasteiger partial charge in [0.15, 0.2) is 0 Å². The minimum absolute atomic E-state index is 0.473. The first-order valence-electron chi connectivity index (χ1n) is 5.97. The van der Waals surface area contributed by atoms with Crippen LogP contribution in [0.4, 0.5) is 0 Å². The molecule has 1 heterocycles. The number of hydrogen-bond acceptors (Lipinski definition) is 4. The average molecular weight is 350 g/mol. The molecule has 108 valence electrons. The van der Waals surface area contributed by atoms with Crippen molar-refractivity contribution in [2.45, 2.75) is 23.4 Å². The van der Waals surface area contributed by atoms with E-state index in [0.717, 1.165) is 12.2 Å². The summed E-state index contributed by atoms with van der Waals surface area (Å²) in [6, 6.07) is 4.99. The van der Waals surface area contributed by atoms with Crippen molar-refractivity contribution in [3.63, 3.8) is 0 Å². The molecule has 2 aromatic rings. The molecule has 0 saturated carbocycles. The fourth-order valence-electron chi connectivity index (χ4n) is 1.47. The van der Waals surface area contributed by atoms with Crippen LogP contribution in [0.5, 0.6) is 0 Å². The molecule has 0 amide bonds. The van der Waals surface area contributed by atoms with Gasteiger partial charge >= 0.3 is 0 Å². The molecule has 2 rings (SSSR count). The van der Waals surface area contributed by atoms with E-state index in [9.17, 15) is 4.21 Å². The largest absolute Gasteiger partial charge is 0.262 e. The smallest absolute Gasteiger partial charge is 0.208 e. The zero-order valence-electron chi connectivity index (χ0n) is 10.7. The van der Waals surface area contributed by atoms with Gasteiger partial charge in [0.05, 0.1) is 20.7 Å². The van der Waals surface area contributed by atoms with E-state index in [0.29, 0.717) is 31.6 Å².